The topological polar surface area (TPSA) is 596 Å². The van der Waals surface area contributed by atoms with Gasteiger partial charge in [0.2, 0.25) is 65.0 Å². The monoisotopic (exact) mass is 1150 g/mol. The normalized spacial score (nSPS) is 14.7. The van der Waals surface area contributed by atoms with Gasteiger partial charge in [0.25, 0.3) is 0 Å². The molecule has 0 aromatic heterocycles. The number of rotatable bonds is 42. The number of carboxylic acid groups (broad SMARTS) is 4. The molecule has 0 fully saturated rings. The van der Waals surface area contributed by atoms with Crippen molar-refractivity contribution < 1.29 is 97.5 Å². The summed E-state index contributed by atoms with van der Waals surface area (Å²) in [6, 6.07) is -15.8. The Labute approximate surface area is 458 Å². The van der Waals surface area contributed by atoms with Crippen LogP contribution < -0.4 is 76.5 Å². The zero-order valence-corrected chi connectivity index (χ0v) is 44.6. The lowest BCUT2D eigenvalue weighted by Crippen LogP contribution is -2.61. The van der Waals surface area contributed by atoms with Gasteiger partial charge >= 0.3 is 23.9 Å². The molecule has 0 radical (unpaired) electrons. The zero-order valence-electron chi connectivity index (χ0n) is 44.6. The second-order valence-electron chi connectivity index (χ2n) is 18.9. The molecular formula is C46H78N14O20. The van der Waals surface area contributed by atoms with Crippen LogP contribution in [0.5, 0.6) is 0 Å². The minimum Gasteiger partial charge on any atom is -0.481 e. The van der Waals surface area contributed by atoms with E-state index in [1.54, 1.807) is 13.8 Å². The number of carbonyl (C=O) groups excluding carboxylic acids is 11. The van der Waals surface area contributed by atoms with E-state index in [9.17, 15) is 87.2 Å². The first-order valence-electron chi connectivity index (χ1n) is 25.3. The summed E-state index contributed by atoms with van der Waals surface area (Å²) in [5, 5.41) is 67.9. The van der Waals surface area contributed by atoms with Gasteiger partial charge in [0.1, 0.15) is 54.9 Å². The van der Waals surface area contributed by atoms with E-state index in [1.807, 2.05) is 5.32 Å². The molecule has 34 heteroatoms. The van der Waals surface area contributed by atoms with Crippen molar-refractivity contribution in [3.63, 3.8) is 0 Å². The van der Waals surface area contributed by atoms with Crippen molar-refractivity contribution in [2.45, 2.75) is 171 Å². The van der Waals surface area contributed by atoms with Crippen LogP contribution in [0.2, 0.25) is 0 Å². The van der Waals surface area contributed by atoms with Gasteiger partial charge in [-0.3, -0.25) is 71.9 Å². The first-order valence-corrected chi connectivity index (χ1v) is 25.3. The summed E-state index contributed by atoms with van der Waals surface area (Å²) in [6.07, 6.45) is -6.57. The minimum atomic E-state index is -2.11. The van der Waals surface area contributed by atoms with Gasteiger partial charge in [-0.1, -0.05) is 13.8 Å². The minimum absolute atomic E-state index is 0.0886. The SMILES string of the molecule is CC(C)C[C@H](NC(=O)[C@H](CC(N)=O)NC(=O)[C@@H](N)CCC(=O)O)C(=O)N[C@@H](CC(=O)O)C(=O)N[C@@H](CC(=O)O)C(=O)N[C@@H](CCCCN)C(=O)N[C@@H](CCCCN)C(=O)N[C@H](C(=O)N[C@@H](CCC(N)=O)C(=O)NCC(=O)O)[C@@H](C)O. The van der Waals surface area contributed by atoms with Gasteiger partial charge < -0.3 is 102 Å². The lowest BCUT2D eigenvalue weighted by molar-refractivity contribution is -0.143. The molecule has 0 rings (SSSR count). The first kappa shape index (κ1) is 71.9. The number of aliphatic hydroxyl groups excluding tert-OH is 1. The molecule has 0 unspecified atom stereocenters. The molecule has 24 N–H and O–H groups in total. The van der Waals surface area contributed by atoms with E-state index >= 15 is 0 Å². The maximum absolute atomic E-state index is 14.1. The Hall–Kier alpha value is -8.11. The van der Waals surface area contributed by atoms with Crippen LogP contribution in [0.1, 0.15) is 111 Å². The third-order valence-electron chi connectivity index (χ3n) is 11.4. The molecule has 80 heavy (non-hydrogen) atoms. The van der Waals surface area contributed by atoms with E-state index in [0.717, 1.165) is 6.92 Å². The van der Waals surface area contributed by atoms with Crippen molar-refractivity contribution in [1.29, 1.82) is 0 Å². The molecule has 0 bridgehead atoms. The lowest BCUT2D eigenvalue weighted by atomic mass is 10.0. The molecule has 452 valence electrons. The van der Waals surface area contributed by atoms with Gasteiger partial charge in [0.05, 0.1) is 31.4 Å². The van der Waals surface area contributed by atoms with E-state index in [-0.39, 0.29) is 58.0 Å². The number of carboxylic acids is 4. The maximum Gasteiger partial charge on any atom is 0.322 e. The smallest absolute Gasteiger partial charge is 0.322 e. The fourth-order valence-electron chi connectivity index (χ4n) is 7.22. The standard InChI is InChI=1S/C46H78N14O20/c1-21(2)16-27(57-43(77)28(17-32(51)63)56-38(72)23(49)10-13-33(64)65)42(76)58-30(19-35(68)69)45(79)59-29(18-34(66)67)44(78)54-24(8-4-6-14-47)40(74)53-25(9-5-7-15-48)41(75)60-37(22(3)61)46(80)55-26(11-12-31(50)62)39(73)52-20-36(70)71/h21-30,37,61H,4-20,47-49H2,1-3H3,(H2,50,62)(H2,51,63)(H,52,73)(H,53,74)(H,54,78)(H,55,80)(H,56,72)(H,57,77)(H,58,76)(H,59,79)(H,60,75)(H,64,65)(H,66,67)(H,68,69)(H,70,71)/t22-,23+,24+,25+,26+,27+,28+,29+,30+,37+/m1/s1. The summed E-state index contributed by atoms with van der Waals surface area (Å²) in [5.41, 5.74) is 27.5. The van der Waals surface area contributed by atoms with Gasteiger partial charge in [-0.25, -0.2) is 0 Å². The quantitative estimate of drug-likeness (QED) is 0.0252. The summed E-state index contributed by atoms with van der Waals surface area (Å²) >= 11 is 0. The molecule has 0 aromatic carbocycles. The predicted molar refractivity (Wildman–Crippen MR) is 275 cm³/mol. The third kappa shape index (κ3) is 30.1. The van der Waals surface area contributed by atoms with E-state index in [1.165, 1.54) is 0 Å². The van der Waals surface area contributed by atoms with E-state index in [4.69, 9.17) is 38.9 Å². The molecule has 0 aliphatic heterocycles. The highest BCUT2D eigenvalue weighted by molar-refractivity contribution is 6.00. The van der Waals surface area contributed by atoms with Gasteiger partial charge in [0, 0.05) is 12.8 Å². The Balaban J connectivity index is 6.83. The van der Waals surface area contributed by atoms with Crippen LogP contribution in [-0.2, 0) is 71.9 Å². The molecule has 0 saturated carbocycles. The Morgan fingerprint density at radius 3 is 1.19 bits per heavy atom. The van der Waals surface area contributed by atoms with E-state index < -0.39 is 200 Å². The number of nitrogens with two attached hydrogens (primary N) is 5. The Bertz CT molecular complexity index is 2200. The Morgan fingerprint density at radius 2 is 0.787 bits per heavy atom. The number of aliphatic hydroxyl groups is 1. The fraction of sp³-hybridized carbons (Fsp3) is 0.674. The van der Waals surface area contributed by atoms with Crippen molar-refractivity contribution in [3.05, 3.63) is 0 Å². The van der Waals surface area contributed by atoms with Crippen molar-refractivity contribution in [1.82, 2.24) is 47.9 Å². The molecule has 0 spiro atoms. The van der Waals surface area contributed by atoms with E-state index in [0.29, 0.717) is 6.42 Å². The summed E-state index contributed by atoms with van der Waals surface area (Å²) in [5.74, 6) is -19.3. The Morgan fingerprint density at radius 1 is 0.400 bits per heavy atom. The van der Waals surface area contributed by atoms with Gasteiger partial charge in [0.15, 0.2) is 0 Å². The molecular weight excluding hydrogens is 1070 g/mol. The Kier molecular flexibility index (Phi) is 33.8. The number of nitrogens with one attached hydrogen (secondary N) is 9. The van der Waals surface area contributed by atoms with Crippen LogP contribution >= 0.6 is 0 Å². The van der Waals surface area contributed by atoms with Gasteiger partial charge in [-0.15, -0.1) is 0 Å². The van der Waals surface area contributed by atoms with Crippen molar-refractivity contribution in [2.24, 2.45) is 34.6 Å². The second-order valence-corrected chi connectivity index (χ2v) is 18.9. The van der Waals surface area contributed by atoms with Gasteiger partial charge in [-0.05, 0) is 83.7 Å². The molecule has 0 aromatic rings. The number of amides is 11. The number of unbranched alkanes of at least 4 members (excludes halogenated alkanes) is 2. The van der Waals surface area contributed by atoms with Crippen LogP contribution in [0.25, 0.3) is 0 Å². The highest BCUT2D eigenvalue weighted by Gasteiger charge is 2.37. The highest BCUT2D eigenvalue weighted by atomic mass is 16.4. The molecule has 0 heterocycles. The van der Waals surface area contributed by atoms with Crippen LogP contribution in [-0.4, -0.2) is 195 Å². The van der Waals surface area contributed by atoms with Crippen LogP contribution in [0, 0.1) is 5.92 Å². The second kappa shape index (κ2) is 37.7. The lowest BCUT2D eigenvalue weighted by Gasteiger charge is -2.28. The molecule has 11 amide bonds. The van der Waals surface area contributed by atoms with Crippen LogP contribution in [0.3, 0.4) is 0 Å². The zero-order chi connectivity index (χ0) is 61.4. The molecule has 0 saturated heterocycles. The predicted octanol–water partition coefficient (Wildman–Crippen LogP) is -7.97. The molecule has 34 nitrogen and oxygen atoms in total. The summed E-state index contributed by atoms with van der Waals surface area (Å²) in [7, 11) is 0. The van der Waals surface area contributed by atoms with E-state index in [2.05, 4.69) is 42.5 Å². The average molecular weight is 1150 g/mol. The number of hydrogen-bond donors (Lipinski definition) is 19. The number of hydrogen-bond acceptors (Lipinski definition) is 19. The number of aliphatic carboxylic acids is 4. The van der Waals surface area contributed by atoms with Crippen molar-refractivity contribution in [2.75, 3.05) is 19.6 Å². The average Bonchev–Trinajstić information content (AvgIpc) is 3.35. The summed E-state index contributed by atoms with van der Waals surface area (Å²) in [6.45, 7) is 3.59. The fourth-order valence-corrected chi connectivity index (χ4v) is 7.22. The number of primary amides is 2. The van der Waals surface area contributed by atoms with Crippen LogP contribution in [0.4, 0.5) is 0 Å². The molecule has 0 aliphatic carbocycles. The summed E-state index contributed by atoms with van der Waals surface area (Å²) < 4.78 is 0. The largest absolute Gasteiger partial charge is 0.481 e. The summed E-state index contributed by atoms with van der Waals surface area (Å²) in [4.78, 5) is 191. The highest BCUT2D eigenvalue weighted by Crippen LogP contribution is 2.11. The van der Waals surface area contributed by atoms with Crippen molar-refractivity contribution in [3.8, 4) is 0 Å². The van der Waals surface area contributed by atoms with Crippen LogP contribution in [0.15, 0.2) is 0 Å². The number of carbonyl (C=O) groups is 15. The maximum atomic E-state index is 14.1. The molecule has 0 aliphatic rings. The van der Waals surface area contributed by atoms with Crippen molar-refractivity contribution >= 4 is 88.9 Å². The molecule has 10 atom stereocenters. The third-order valence-corrected chi connectivity index (χ3v) is 11.4. The van der Waals surface area contributed by atoms with Gasteiger partial charge in [-0.2, -0.15) is 0 Å². The first-order chi connectivity index (χ1) is 37.3.